The summed E-state index contributed by atoms with van der Waals surface area (Å²) in [4.78, 5) is 11.3. The van der Waals surface area contributed by atoms with Crippen LogP contribution in [0.25, 0.3) is 0 Å². The maximum atomic E-state index is 11.3. The second kappa shape index (κ2) is 4.85. The highest BCUT2D eigenvalue weighted by molar-refractivity contribution is 7.89. The van der Waals surface area contributed by atoms with Gasteiger partial charge in [0.1, 0.15) is 0 Å². The van der Waals surface area contributed by atoms with Crippen molar-refractivity contribution in [3.05, 3.63) is 23.3 Å². The van der Waals surface area contributed by atoms with Gasteiger partial charge >= 0.3 is 0 Å². The van der Waals surface area contributed by atoms with E-state index >= 15 is 0 Å². The molecule has 0 heterocycles. The van der Waals surface area contributed by atoms with Crippen molar-refractivity contribution in [1.82, 2.24) is 0 Å². The molecule has 1 rings (SSSR count). The van der Waals surface area contributed by atoms with E-state index in [1.165, 1.54) is 12.1 Å². The van der Waals surface area contributed by atoms with E-state index in [1.807, 2.05) is 6.92 Å². The van der Waals surface area contributed by atoms with Gasteiger partial charge in [-0.2, -0.15) is 0 Å². The minimum Gasteiger partial charge on any atom is -0.326 e. The summed E-state index contributed by atoms with van der Waals surface area (Å²) in [5.74, 6) is -0.168. The van der Waals surface area contributed by atoms with E-state index in [9.17, 15) is 13.2 Å². The average Bonchev–Trinajstić information content (AvgIpc) is 2.22. The topological polar surface area (TPSA) is 89.3 Å². The Morgan fingerprint density at radius 3 is 2.41 bits per heavy atom. The van der Waals surface area contributed by atoms with E-state index in [2.05, 4.69) is 5.32 Å². The Balaban J connectivity index is 3.30. The second-order valence-electron chi connectivity index (χ2n) is 3.86. The number of rotatable bonds is 3. The van der Waals surface area contributed by atoms with Crippen LogP contribution < -0.4 is 10.5 Å². The molecule has 1 aromatic rings. The van der Waals surface area contributed by atoms with Gasteiger partial charge in [-0.05, 0) is 37.1 Å². The molecule has 0 radical (unpaired) electrons. The Labute approximate surface area is 101 Å². The first-order valence-corrected chi connectivity index (χ1v) is 6.74. The van der Waals surface area contributed by atoms with Crippen LogP contribution in [-0.2, 0) is 14.8 Å². The molecule has 0 saturated carbocycles. The number of carbonyl (C=O) groups is 1. The fraction of sp³-hybridized carbons (Fsp3) is 0.364. The number of primary sulfonamides is 1. The maximum Gasteiger partial charge on any atom is 0.238 e. The van der Waals surface area contributed by atoms with Crippen molar-refractivity contribution in [2.24, 2.45) is 5.14 Å². The quantitative estimate of drug-likeness (QED) is 0.854. The van der Waals surface area contributed by atoms with Gasteiger partial charge in [-0.15, -0.1) is 0 Å². The van der Waals surface area contributed by atoms with Crippen molar-refractivity contribution >= 4 is 21.6 Å². The SMILES string of the molecule is CCC(=O)Nc1cc(S(N)(=O)=O)cc(C)c1C. The van der Waals surface area contributed by atoms with Crippen LogP contribution in [0.5, 0.6) is 0 Å². The third-order valence-electron chi connectivity index (χ3n) is 2.56. The van der Waals surface area contributed by atoms with Crippen LogP contribution in [0.3, 0.4) is 0 Å². The average molecular weight is 256 g/mol. The number of sulfonamides is 1. The van der Waals surface area contributed by atoms with Gasteiger partial charge in [0.05, 0.1) is 4.90 Å². The van der Waals surface area contributed by atoms with Crippen LogP contribution in [0.1, 0.15) is 24.5 Å². The normalized spacial score (nSPS) is 11.3. The Hall–Kier alpha value is -1.40. The summed E-state index contributed by atoms with van der Waals surface area (Å²) in [6.45, 7) is 5.31. The van der Waals surface area contributed by atoms with Gasteiger partial charge in [0.25, 0.3) is 0 Å². The molecule has 1 amide bonds. The molecule has 0 aliphatic carbocycles. The lowest BCUT2D eigenvalue weighted by atomic mass is 10.1. The van der Waals surface area contributed by atoms with E-state index in [4.69, 9.17) is 5.14 Å². The molecule has 0 bridgehead atoms. The van der Waals surface area contributed by atoms with E-state index < -0.39 is 10.0 Å². The summed E-state index contributed by atoms with van der Waals surface area (Å²) < 4.78 is 22.5. The summed E-state index contributed by atoms with van der Waals surface area (Å²) in [6, 6.07) is 2.87. The molecular weight excluding hydrogens is 240 g/mol. The van der Waals surface area contributed by atoms with Crippen molar-refractivity contribution in [3.8, 4) is 0 Å². The van der Waals surface area contributed by atoms with Crippen LogP contribution in [0.4, 0.5) is 5.69 Å². The summed E-state index contributed by atoms with van der Waals surface area (Å²) in [5.41, 5.74) is 2.09. The van der Waals surface area contributed by atoms with Gasteiger partial charge in [-0.3, -0.25) is 4.79 Å². The van der Waals surface area contributed by atoms with Gasteiger partial charge in [-0.25, -0.2) is 13.6 Å². The number of anilines is 1. The fourth-order valence-electron chi connectivity index (χ4n) is 1.36. The highest BCUT2D eigenvalue weighted by atomic mass is 32.2. The molecule has 0 aliphatic rings. The van der Waals surface area contributed by atoms with Crippen LogP contribution in [0, 0.1) is 13.8 Å². The molecular formula is C11H16N2O3S. The number of carbonyl (C=O) groups excluding carboxylic acids is 1. The molecule has 1 aromatic carbocycles. The fourth-order valence-corrected chi connectivity index (χ4v) is 1.98. The number of nitrogens with two attached hydrogens (primary N) is 1. The third-order valence-corrected chi connectivity index (χ3v) is 3.46. The Kier molecular flexibility index (Phi) is 3.90. The van der Waals surface area contributed by atoms with Crippen LogP contribution in [-0.4, -0.2) is 14.3 Å². The minimum atomic E-state index is -3.76. The molecule has 94 valence electrons. The Morgan fingerprint density at radius 2 is 1.94 bits per heavy atom. The highest BCUT2D eigenvalue weighted by Gasteiger charge is 2.13. The number of benzene rings is 1. The van der Waals surface area contributed by atoms with Crippen LogP contribution in [0.15, 0.2) is 17.0 Å². The second-order valence-corrected chi connectivity index (χ2v) is 5.42. The van der Waals surface area contributed by atoms with E-state index in [-0.39, 0.29) is 10.8 Å². The van der Waals surface area contributed by atoms with Crippen molar-refractivity contribution in [2.75, 3.05) is 5.32 Å². The first-order chi connectivity index (χ1) is 7.75. The third kappa shape index (κ3) is 3.28. The molecule has 0 aromatic heterocycles. The van der Waals surface area contributed by atoms with Crippen molar-refractivity contribution in [2.45, 2.75) is 32.1 Å². The summed E-state index contributed by atoms with van der Waals surface area (Å²) >= 11 is 0. The standard InChI is InChI=1S/C11H16N2O3S/c1-4-11(14)13-10-6-9(17(12,15)16)5-7(2)8(10)3/h5-6H,4H2,1-3H3,(H,13,14)(H2,12,15,16). The number of hydrogen-bond acceptors (Lipinski definition) is 3. The number of aryl methyl sites for hydroxylation is 1. The van der Waals surface area contributed by atoms with Crippen molar-refractivity contribution in [3.63, 3.8) is 0 Å². The van der Waals surface area contributed by atoms with Crippen molar-refractivity contribution in [1.29, 1.82) is 0 Å². The van der Waals surface area contributed by atoms with Gasteiger partial charge < -0.3 is 5.32 Å². The zero-order chi connectivity index (χ0) is 13.2. The lowest BCUT2D eigenvalue weighted by molar-refractivity contribution is -0.115. The molecule has 0 saturated heterocycles. The Bertz CT molecular complexity index is 550. The zero-order valence-corrected chi connectivity index (χ0v) is 10.9. The predicted octanol–water partition coefficient (Wildman–Crippen LogP) is 1.30. The highest BCUT2D eigenvalue weighted by Crippen LogP contribution is 2.23. The molecule has 0 atom stereocenters. The van der Waals surface area contributed by atoms with Crippen molar-refractivity contribution < 1.29 is 13.2 Å². The van der Waals surface area contributed by atoms with Gasteiger partial charge in [-0.1, -0.05) is 6.92 Å². The number of nitrogens with one attached hydrogen (secondary N) is 1. The first-order valence-electron chi connectivity index (χ1n) is 5.19. The lowest BCUT2D eigenvalue weighted by Crippen LogP contribution is -2.15. The molecule has 0 aliphatic heterocycles. The largest absolute Gasteiger partial charge is 0.326 e. The minimum absolute atomic E-state index is 0.00648. The molecule has 6 heteroatoms. The Morgan fingerprint density at radius 1 is 1.35 bits per heavy atom. The summed E-state index contributed by atoms with van der Waals surface area (Å²) in [5, 5.41) is 7.72. The lowest BCUT2D eigenvalue weighted by Gasteiger charge is -2.12. The smallest absolute Gasteiger partial charge is 0.238 e. The maximum absolute atomic E-state index is 11.3. The van der Waals surface area contributed by atoms with Gasteiger partial charge in [0.15, 0.2) is 0 Å². The van der Waals surface area contributed by atoms with E-state index in [0.717, 1.165) is 11.1 Å². The molecule has 3 N–H and O–H groups in total. The van der Waals surface area contributed by atoms with Gasteiger partial charge in [0.2, 0.25) is 15.9 Å². The molecule has 17 heavy (non-hydrogen) atoms. The number of amides is 1. The van der Waals surface area contributed by atoms with Crippen LogP contribution in [0.2, 0.25) is 0 Å². The number of hydrogen-bond donors (Lipinski definition) is 2. The van der Waals surface area contributed by atoms with Gasteiger partial charge in [0, 0.05) is 12.1 Å². The monoisotopic (exact) mass is 256 g/mol. The summed E-state index contributed by atoms with van der Waals surface area (Å²) in [6.07, 6.45) is 0.331. The molecule has 0 unspecified atom stereocenters. The van der Waals surface area contributed by atoms with E-state index in [0.29, 0.717) is 12.1 Å². The zero-order valence-electron chi connectivity index (χ0n) is 10.1. The predicted molar refractivity (Wildman–Crippen MR) is 66.2 cm³/mol. The molecule has 0 fully saturated rings. The molecule has 0 spiro atoms. The van der Waals surface area contributed by atoms with E-state index in [1.54, 1.807) is 13.8 Å². The summed E-state index contributed by atoms with van der Waals surface area (Å²) in [7, 11) is -3.76. The molecule has 5 nitrogen and oxygen atoms in total. The first kappa shape index (κ1) is 13.7. The van der Waals surface area contributed by atoms with Crippen LogP contribution >= 0.6 is 0 Å².